The van der Waals surface area contributed by atoms with Crippen LogP contribution < -0.4 is 0 Å². The van der Waals surface area contributed by atoms with E-state index in [2.05, 4.69) is 16.7 Å². The summed E-state index contributed by atoms with van der Waals surface area (Å²) in [7, 11) is 0. The van der Waals surface area contributed by atoms with Crippen molar-refractivity contribution in [3.63, 3.8) is 0 Å². The lowest BCUT2D eigenvalue weighted by Crippen LogP contribution is -2.39. The quantitative estimate of drug-likeness (QED) is 0.653. The summed E-state index contributed by atoms with van der Waals surface area (Å²) < 4.78 is 0. The van der Waals surface area contributed by atoms with Crippen LogP contribution in [0.4, 0.5) is 0 Å². The van der Waals surface area contributed by atoms with Crippen LogP contribution in [-0.4, -0.2) is 48.6 Å². The van der Waals surface area contributed by atoms with E-state index in [9.17, 15) is 0 Å². The van der Waals surface area contributed by atoms with Crippen molar-refractivity contribution in [3.05, 3.63) is 0 Å². The molecule has 2 saturated heterocycles. The molecule has 2 nitrogen and oxygen atoms in total. The van der Waals surface area contributed by atoms with Crippen molar-refractivity contribution in [2.75, 3.05) is 32.7 Å². The topological polar surface area (TPSA) is 6.48 Å². The van der Waals surface area contributed by atoms with Gasteiger partial charge in [0.15, 0.2) is 0 Å². The Morgan fingerprint density at radius 3 is 2.54 bits per heavy atom. The third-order valence-corrected chi connectivity index (χ3v) is 3.57. The second kappa shape index (κ2) is 4.43. The number of likely N-dealkylation sites (tertiary alicyclic amines) is 2. The molecule has 1 atom stereocenters. The fourth-order valence-corrected chi connectivity index (χ4v) is 2.78. The highest BCUT2D eigenvalue weighted by Crippen LogP contribution is 2.19. The van der Waals surface area contributed by atoms with Gasteiger partial charge >= 0.3 is 0 Å². The Kier molecular flexibility index (Phi) is 3.23. The van der Waals surface area contributed by atoms with E-state index in [0.717, 1.165) is 6.04 Å². The first-order valence-electron chi connectivity index (χ1n) is 5.86. The van der Waals surface area contributed by atoms with Crippen LogP contribution >= 0.6 is 0 Å². The second-order valence-corrected chi connectivity index (χ2v) is 4.43. The van der Waals surface area contributed by atoms with Crippen LogP contribution in [0, 0.1) is 0 Å². The molecule has 0 unspecified atom stereocenters. The lowest BCUT2D eigenvalue weighted by molar-refractivity contribution is 0.198. The molecular formula is C11H22N2. The maximum absolute atomic E-state index is 2.65. The van der Waals surface area contributed by atoms with Gasteiger partial charge in [0.1, 0.15) is 0 Å². The first kappa shape index (κ1) is 9.47. The molecule has 2 rings (SSSR count). The molecule has 0 bridgehead atoms. The molecule has 2 aliphatic heterocycles. The van der Waals surface area contributed by atoms with Crippen LogP contribution in [0.1, 0.15) is 32.6 Å². The fraction of sp³-hybridized carbons (Fsp3) is 1.00. The predicted octanol–water partition coefficient (Wildman–Crippen LogP) is 1.57. The van der Waals surface area contributed by atoms with Gasteiger partial charge < -0.3 is 4.90 Å². The molecule has 0 aliphatic carbocycles. The van der Waals surface area contributed by atoms with E-state index in [1.165, 1.54) is 58.4 Å². The highest BCUT2D eigenvalue weighted by molar-refractivity contribution is 4.82. The average Bonchev–Trinajstić information content (AvgIpc) is 2.76. The van der Waals surface area contributed by atoms with Crippen LogP contribution in [-0.2, 0) is 0 Å². The van der Waals surface area contributed by atoms with Crippen LogP contribution in [0.3, 0.4) is 0 Å². The molecule has 2 aliphatic rings. The average molecular weight is 182 g/mol. The van der Waals surface area contributed by atoms with E-state index in [0.29, 0.717) is 0 Å². The van der Waals surface area contributed by atoms with Gasteiger partial charge in [-0.3, -0.25) is 4.90 Å². The molecule has 0 amide bonds. The molecule has 2 fully saturated rings. The summed E-state index contributed by atoms with van der Waals surface area (Å²) in [6.45, 7) is 8.94. The van der Waals surface area contributed by atoms with Gasteiger partial charge in [-0.1, -0.05) is 6.92 Å². The Morgan fingerprint density at radius 2 is 1.85 bits per heavy atom. The van der Waals surface area contributed by atoms with Crippen LogP contribution in [0.2, 0.25) is 0 Å². The Balaban J connectivity index is 1.79. The van der Waals surface area contributed by atoms with Crippen LogP contribution in [0.15, 0.2) is 0 Å². The number of hydrogen-bond acceptors (Lipinski definition) is 2. The highest BCUT2D eigenvalue weighted by atomic mass is 15.2. The number of hydrogen-bond donors (Lipinski definition) is 0. The minimum Gasteiger partial charge on any atom is -0.302 e. The van der Waals surface area contributed by atoms with E-state index >= 15 is 0 Å². The van der Waals surface area contributed by atoms with Crippen molar-refractivity contribution in [2.24, 2.45) is 0 Å². The molecule has 0 spiro atoms. The number of nitrogens with zero attached hydrogens (tertiary/aromatic N) is 2. The summed E-state index contributed by atoms with van der Waals surface area (Å²) in [4.78, 5) is 5.30. The molecule has 2 heteroatoms. The standard InChI is InChI=1S/C11H22N2/c1-2-13-9-5-6-11(13)10-12-7-3-4-8-12/h11H,2-10H2,1H3/t11-/m0/s1. The summed E-state index contributed by atoms with van der Waals surface area (Å²) in [6.07, 6.45) is 5.72. The Bertz CT molecular complexity index is 152. The Morgan fingerprint density at radius 1 is 1.08 bits per heavy atom. The van der Waals surface area contributed by atoms with Gasteiger partial charge in [-0.25, -0.2) is 0 Å². The summed E-state index contributed by atoms with van der Waals surface area (Å²) in [5.41, 5.74) is 0. The number of likely N-dealkylation sites (N-methyl/N-ethyl adjacent to an activating group) is 1. The fourth-order valence-electron chi connectivity index (χ4n) is 2.78. The Hall–Kier alpha value is -0.0800. The molecule has 13 heavy (non-hydrogen) atoms. The molecule has 0 aromatic rings. The van der Waals surface area contributed by atoms with Gasteiger partial charge in [-0.2, -0.15) is 0 Å². The normalized spacial score (nSPS) is 31.6. The maximum Gasteiger partial charge on any atom is 0.0223 e. The molecule has 0 saturated carbocycles. The van der Waals surface area contributed by atoms with Gasteiger partial charge in [0.05, 0.1) is 0 Å². The molecule has 0 radical (unpaired) electrons. The van der Waals surface area contributed by atoms with Crippen molar-refractivity contribution in [2.45, 2.75) is 38.6 Å². The third-order valence-electron chi connectivity index (χ3n) is 3.57. The smallest absolute Gasteiger partial charge is 0.0223 e. The summed E-state index contributed by atoms with van der Waals surface area (Å²) in [5, 5.41) is 0. The lowest BCUT2D eigenvalue weighted by Gasteiger charge is -2.27. The van der Waals surface area contributed by atoms with E-state index < -0.39 is 0 Å². The zero-order chi connectivity index (χ0) is 9.10. The first-order chi connectivity index (χ1) is 6.40. The van der Waals surface area contributed by atoms with Crippen LogP contribution in [0.5, 0.6) is 0 Å². The molecule has 0 N–H and O–H groups in total. The predicted molar refractivity (Wildman–Crippen MR) is 55.9 cm³/mol. The van der Waals surface area contributed by atoms with Gasteiger partial charge in [-0.15, -0.1) is 0 Å². The van der Waals surface area contributed by atoms with Gasteiger partial charge in [0.2, 0.25) is 0 Å². The van der Waals surface area contributed by atoms with E-state index in [4.69, 9.17) is 0 Å². The van der Waals surface area contributed by atoms with Crippen molar-refractivity contribution < 1.29 is 0 Å². The van der Waals surface area contributed by atoms with Crippen molar-refractivity contribution >= 4 is 0 Å². The minimum absolute atomic E-state index is 0.878. The van der Waals surface area contributed by atoms with Gasteiger partial charge in [-0.05, 0) is 51.9 Å². The molecule has 2 heterocycles. The third kappa shape index (κ3) is 2.23. The molecule has 76 valence electrons. The maximum atomic E-state index is 2.65. The lowest BCUT2D eigenvalue weighted by atomic mass is 10.2. The molecule has 0 aromatic carbocycles. The van der Waals surface area contributed by atoms with Crippen molar-refractivity contribution in [3.8, 4) is 0 Å². The van der Waals surface area contributed by atoms with Crippen LogP contribution in [0.25, 0.3) is 0 Å². The molecular weight excluding hydrogens is 160 g/mol. The van der Waals surface area contributed by atoms with Crippen molar-refractivity contribution in [1.29, 1.82) is 0 Å². The Labute approximate surface area is 81.9 Å². The molecule has 0 aromatic heterocycles. The second-order valence-electron chi connectivity index (χ2n) is 4.43. The highest BCUT2D eigenvalue weighted by Gasteiger charge is 2.25. The van der Waals surface area contributed by atoms with E-state index in [1.807, 2.05) is 0 Å². The SMILES string of the molecule is CCN1CCC[C@H]1CN1CCCC1. The van der Waals surface area contributed by atoms with E-state index in [-0.39, 0.29) is 0 Å². The summed E-state index contributed by atoms with van der Waals surface area (Å²) in [6, 6.07) is 0.878. The van der Waals surface area contributed by atoms with Crippen molar-refractivity contribution in [1.82, 2.24) is 9.80 Å². The summed E-state index contributed by atoms with van der Waals surface area (Å²) >= 11 is 0. The largest absolute Gasteiger partial charge is 0.302 e. The number of rotatable bonds is 3. The summed E-state index contributed by atoms with van der Waals surface area (Å²) in [5.74, 6) is 0. The van der Waals surface area contributed by atoms with Gasteiger partial charge in [0.25, 0.3) is 0 Å². The monoisotopic (exact) mass is 182 g/mol. The van der Waals surface area contributed by atoms with E-state index in [1.54, 1.807) is 0 Å². The minimum atomic E-state index is 0.878. The first-order valence-corrected chi connectivity index (χ1v) is 5.86. The zero-order valence-electron chi connectivity index (χ0n) is 8.84. The van der Waals surface area contributed by atoms with Gasteiger partial charge in [0, 0.05) is 12.6 Å². The zero-order valence-corrected chi connectivity index (χ0v) is 8.84.